The van der Waals surface area contributed by atoms with Gasteiger partial charge in [0, 0.05) is 36.7 Å². The topological polar surface area (TPSA) is 139 Å². The smallest absolute Gasteiger partial charge is 0.255 e. The second kappa shape index (κ2) is 11.7. The molecule has 0 aliphatic rings. The van der Waals surface area contributed by atoms with Gasteiger partial charge in [0.25, 0.3) is 5.91 Å². The fourth-order valence-electron chi connectivity index (χ4n) is 5.35. The predicted molar refractivity (Wildman–Crippen MR) is 173 cm³/mol. The van der Waals surface area contributed by atoms with Crippen LogP contribution in [0.2, 0.25) is 0 Å². The number of amides is 1. The highest BCUT2D eigenvalue weighted by Gasteiger charge is 2.27. The third kappa shape index (κ3) is 5.31. The first-order valence-electron chi connectivity index (χ1n) is 14.0. The van der Waals surface area contributed by atoms with E-state index in [1.807, 2.05) is 6.07 Å². The van der Waals surface area contributed by atoms with E-state index < -0.39 is 21.7 Å². The van der Waals surface area contributed by atoms with Crippen molar-refractivity contribution >= 4 is 43.7 Å². The van der Waals surface area contributed by atoms with E-state index in [-0.39, 0.29) is 34.9 Å². The molecule has 12 heteroatoms. The van der Waals surface area contributed by atoms with Crippen LogP contribution in [0.4, 0.5) is 10.1 Å². The molecule has 0 atom stereocenters. The Morgan fingerprint density at radius 1 is 1.02 bits per heavy atom. The molecule has 0 unspecified atom stereocenters. The van der Waals surface area contributed by atoms with Crippen LogP contribution >= 0.6 is 0 Å². The number of nitrogens with zero attached hydrogens (tertiary/aromatic N) is 3. The number of methoxy groups -OCH3 is 1. The number of sulfonamides is 1. The minimum atomic E-state index is -3.75. The van der Waals surface area contributed by atoms with E-state index in [9.17, 15) is 22.9 Å². The number of furan rings is 1. The van der Waals surface area contributed by atoms with E-state index in [1.54, 1.807) is 42.5 Å². The zero-order valence-electron chi connectivity index (χ0n) is 25.2. The van der Waals surface area contributed by atoms with Gasteiger partial charge in [0.2, 0.25) is 15.9 Å². The molecule has 6 aromatic rings. The largest absolute Gasteiger partial charge is 0.496 e. The lowest BCUT2D eigenvalue weighted by atomic mass is 9.97. The first-order chi connectivity index (χ1) is 22.0. The second-order valence-electron chi connectivity index (χ2n) is 10.5. The number of hydrogen-bond acceptors (Lipinski definition) is 8. The zero-order valence-corrected chi connectivity index (χ0v) is 26.0. The van der Waals surface area contributed by atoms with Crippen LogP contribution < -0.4 is 14.4 Å². The van der Waals surface area contributed by atoms with Gasteiger partial charge in [0.1, 0.15) is 28.4 Å². The number of nitrogens with one attached hydrogen (secondary N) is 1. The van der Waals surface area contributed by atoms with Crippen molar-refractivity contribution in [1.29, 1.82) is 5.26 Å². The Labute approximate surface area is 263 Å². The molecular weight excluding hydrogens is 611 g/mol. The van der Waals surface area contributed by atoms with E-state index in [0.29, 0.717) is 50.1 Å². The van der Waals surface area contributed by atoms with Crippen molar-refractivity contribution in [3.8, 4) is 45.7 Å². The number of carbonyl (C=O) groups excluding carboxylic acids is 1. The minimum Gasteiger partial charge on any atom is -0.496 e. The van der Waals surface area contributed by atoms with Crippen LogP contribution in [-0.4, -0.2) is 46.8 Å². The Morgan fingerprint density at radius 2 is 1.76 bits per heavy atom. The van der Waals surface area contributed by atoms with Crippen LogP contribution in [0.25, 0.3) is 56.0 Å². The maximum Gasteiger partial charge on any atom is 0.255 e. The summed E-state index contributed by atoms with van der Waals surface area (Å²) in [7, 11) is 0.668. The number of aromatic nitrogens is 1. The van der Waals surface area contributed by atoms with Crippen LogP contribution in [0.1, 0.15) is 15.9 Å². The van der Waals surface area contributed by atoms with Crippen molar-refractivity contribution in [3.63, 3.8) is 0 Å². The molecule has 1 amide bonds. The number of rotatable bonds is 8. The van der Waals surface area contributed by atoms with Crippen molar-refractivity contribution in [2.45, 2.75) is 6.42 Å². The molecule has 0 fully saturated rings. The molecule has 0 saturated heterocycles. The fourth-order valence-corrected chi connectivity index (χ4v) is 5.86. The molecule has 0 aliphatic carbocycles. The van der Waals surface area contributed by atoms with Gasteiger partial charge >= 0.3 is 0 Å². The predicted octanol–water partition coefficient (Wildman–Crippen LogP) is 6.54. The summed E-state index contributed by atoms with van der Waals surface area (Å²) < 4.78 is 58.4. The average molecular weight is 639 g/mol. The summed E-state index contributed by atoms with van der Waals surface area (Å²) in [4.78, 5) is 17.9. The number of nitriles is 1. The van der Waals surface area contributed by atoms with Crippen molar-refractivity contribution < 1.29 is 31.2 Å². The third-order valence-corrected chi connectivity index (χ3v) is 8.91. The molecule has 10 nitrogen and oxygen atoms in total. The van der Waals surface area contributed by atoms with Crippen LogP contribution in [0.3, 0.4) is 0 Å². The van der Waals surface area contributed by atoms with Gasteiger partial charge < -0.3 is 18.9 Å². The summed E-state index contributed by atoms with van der Waals surface area (Å²) in [5.41, 5.74) is 4.48. The number of halogens is 1. The summed E-state index contributed by atoms with van der Waals surface area (Å²) in [6.07, 6.45) is 1.24. The van der Waals surface area contributed by atoms with Crippen LogP contribution in [-0.2, 0) is 16.4 Å². The highest BCUT2D eigenvalue weighted by molar-refractivity contribution is 7.92. The van der Waals surface area contributed by atoms with E-state index >= 15 is 0 Å². The normalized spacial score (nSPS) is 11.5. The quantitative estimate of drug-likeness (QED) is 0.198. The SMILES string of the molecule is CNC(=O)c1c(-c2ccc(F)cc2)oc2cc(N(C)S(C)(=O)=O)c(-c3ccc(OC)c(-c4nc5c(CC#N)cccc5o4)c3)cc12. The molecule has 0 bridgehead atoms. The Balaban J connectivity index is 1.62. The molecule has 46 heavy (non-hydrogen) atoms. The second-order valence-corrected chi connectivity index (χ2v) is 12.5. The zero-order chi connectivity index (χ0) is 32.7. The Morgan fingerprint density at radius 3 is 2.43 bits per heavy atom. The van der Waals surface area contributed by atoms with Crippen molar-refractivity contribution in [1.82, 2.24) is 10.3 Å². The summed E-state index contributed by atoms with van der Waals surface area (Å²) in [5, 5.41) is 12.3. The van der Waals surface area contributed by atoms with E-state index in [4.69, 9.17) is 13.6 Å². The number of para-hydroxylation sites is 1. The summed E-state index contributed by atoms with van der Waals surface area (Å²) >= 11 is 0. The molecule has 0 saturated carbocycles. The molecule has 2 heterocycles. The molecule has 0 aliphatic heterocycles. The van der Waals surface area contributed by atoms with Gasteiger partial charge in [0.15, 0.2) is 5.58 Å². The van der Waals surface area contributed by atoms with Gasteiger partial charge in [-0.25, -0.2) is 17.8 Å². The fraction of sp³-hybridized carbons (Fsp3) is 0.147. The summed E-state index contributed by atoms with van der Waals surface area (Å²) in [6.45, 7) is 0. The van der Waals surface area contributed by atoms with Crippen LogP contribution in [0.15, 0.2) is 81.6 Å². The number of carbonyl (C=O) groups is 1. The summed E-state index contributed by atoms with van der Waals surface area (Å²) in [5.74, 6) is 0.00409. The van der Waals surface area contributed by atoms with Crippen molar-refractivity contribution in [2.24, 2.45) is 0 Å². The standard InChI is InChI=1S/C34H27FN4O6S/c1-37-33(40)30-24-17-23(26(39(2)46(4,41)42)18-29(24)44-32(30)20-8-11-22(35)12-9-20)21-10-13-27(43-3)25(16-21)34-38-31-19(14-15-36)6-5-7-28(31)45-34/h5-13,16-18H,14H2,1-4H3,(H,37,40). The summed E-state index contributed by atoms with van der Waals surface area (Å²) in [6, 6.07) is 21.5. The molecule has 4 aromatic carbocycles. The first kappa shape index (κ1) is 30.4. The lowest BCUT2D eigenvalue weighted by Gasteiger charge is -2.21. The molecule has 1 N–H and O–H groups in total. The van der Waals surface area contributed by atoms with E-state index in [0.717, 1.165) is 10.6 Å². The van der Waals surface area contributed by atoms with Crippen LogP contribution in [0, 0.1) is 17.1 Å². The van der Waals surface area contributed by atoms with Gasteiger partial charge in [-0.3, -0.25) is 9.10 Å². The highest BCUT2D eigenvalue weighted by Crippen LogP contribution is 2.43. The van der Waals surface area contributed by atoms with E-state index in [1.165, 1.54) is 45.5 Å². The van der Waals surface area contributed by atoms with Crippen LogP contribution in [0.5, 0.6) is 5.75 Å². The van der Waals surface area contributed by atoms with Gasteiger partial charge in [-0.05, 0) is 59.7 Å². The monoisotopic (exact) mass is 638 g/mol. The Bertz CT molecular complexity index is 2300. The maximum absolute atomic E-state index is 13.7. The third-order valence-electron chi connectivity index (χ3n) is 7.72. The average Bonchev–Trinajstić information content (AvgIpc) is 3.65. The number of fused-ring (bicyclic) bond motifs is 2. The van der Waals surface area contributed by atoms with Gasteiger partial charge in [0.05, 0.1) is 42.7 Å². The lowest BCUT2D eigenvalue weighted by molar-refractivity contribution is 0.0964. The molecule has 6 rings (SSSR count). The number of hydrogen-bond donors (Lipinski definition) is 1. The molecule has 0 radical (unpaired) electrons. The van der Waals surface area contributed by atoms with Gasteiger partial charge in [-0.2, -0.15) is 5.26 Å². The van der Waals surface area contributed by atoms with E-state index in [2.05, 4.69) is 16.4 Å². The van der Waals surface area contributed by atoms with Gasteiger partial charge in [-0.1, -0.05) is 18.2 Å². The number of ether oxygens (including phenoxy) is 1. The number of oxazole rings is 1. The molecule has 2 aromatic heterocycles. The minimum absolute atomic E-state index is 0.153. The Kier molecular flexibility index (Phi) is 7.71. The molecule has 232 valence electrons. The van der Waals surface area contributed by atoms with Crippen molar-refractivity contribution in [3.05, 3.63) is 89.7 Å². The number of anilines is 1. The highest BCUT2D eigenvalue weighted by atomic mass is 32.2. The first-order valence-corrected chi connectivity index (χ1v) is 15.9. The Hall–Kier alpha value is -5.67. The van der Waals surface area contributed by atoms with Gasteiger partial charge in [-0.15, -0.1) is 0 Å². The molecular formula is C34H27FN4O6S. The maximum atomic E-state index is 13.7. The van der Waals surface area contributed by atoms with Crippen molar-refractivity contribution in [2.75, 3.05) is 31.8 Å². The number of benzene rings is 4. The lowest BCUT2D eigenvalue weighted by Crippen LogP contribution is -2.25. The molecule has 0 spiro atoms.